The second-order valence-corrected chi connectivity index (χ2v) is 5.75. The number of aromatic hydroxyl groups is 2. The predicted molar refractivity (Wildman–Crippen MR) is 70.6 cm³/mol. The summed E-state index contributed by atoms with van der Waals surface area (Å²) in [6.45, 7) is 2.18. The van der Waals surface area contributed by atoms with Crippen LogP contribution in [0.4, 0.5) is 4.79 Å². The van der Waals surface area contributed by atoms with E-state index in [2.05, 4.69) is 6.92 Å². The fourth-order valence-corrected chi connectivity index (χ4v) is 1.51. The van der Waals surface area contributed by atoms with E-state index in [0.717, 1.165) is 18.4 Å². The number of benzene rings is 1. The molecule has 0 aliphatic rings. The molecule has 0 spiro atoms. The number of aryl methyl sites for hydroxylation is 1. The molecule has 0 atom stereocenters. The Hall–Kier alpha value is 1.44. The number of hydrogen-bond donors (Lipinski definition) is 2. The van der Waals surface area contributed by atoms with E-state index in [1.54, 1.807) is 12.1 Å². The van der Waals surface area contributed by atoms with Crippen molar-refractivity contribution in [1.82, 2.24) is 0 Å². The Morgan fingerprint density at radius 2 is 1.58 bits per heavy atom. The number of carbonyl (C=O) groups is 1. The molecule has 0 aliphatic carbocycles. The summed E-state index contributed by atoms with van der Waals surface area (Å²) in [5.41, 5.74) is -1.63. The molecule has 0 fully saturated rings. The first kappa shape index (κ1) is 33.1. The largest absolute Gasteiger partial charge is 1.00 e. The minimum absolute atomic E-state index is 0. The molecule has 0 radical (unpaired) electrons. The average Bonchev–Trinajstić information content (AvgIpc) is 2.36. The molecule has 120 valence electrons. The molecule has 1 aromatic carbocycles. The van der Waals surface area contributed by atoms with Gasteiger partial charge >= 0.3 is 88.7 Å². The van der Waals surface area contributed by atoms with Gasteiger partial charge in [-0.25, -0.2) is 0 Å². The molecule has 24 heavy (non-hydrogen) atoms. The van der Waals surface area contributed by atoms with E-state index >= 15 is 0 Å². The zero-order valence-electron chi connectivity index (χ0n) is 14.7. The molecule has 0 aliphatic heterocycles. The van der Waals surface area contributed by atoms with Crippen LogP contribution in [0.5, 0.6) is 11.5 Å². The van der Waals surface area contributed by atoms with E-state index in [9.17, 15) is 5.11 Å². The van der Waals surface area contributed by atoms with Gasteiger partial charge in [0, 0.05) is 6.07 Å². The van der Waals surface area contributed by atoms with E-state index in [-0.39, 0.29) is 100 Å². The first-order chi connectivity index (χ1) is 9.68. The monoisotopic (exact) mass is 386 g/mol. The van der Waals surface area contributed by atoms with E-state index in [1.807, 2.05) is 0 Å². The van der Waals surface area contributed by atoms with Crippen LogP contribution < -0.4 is 104 Å². The molecule has 0 aromatic heterocycles. The van der Waals surface area contributed by atoms with E-state index in [1.165, 1.54) is 25.3 Å². The number of hydrogen-bond acceptors (Lipinski definition) is 7. The number of carboxylic acid groups (broad SMARTS) is 1. The van der Waals surface area contributed by atoms with Crippen LogP contribution >= 0.6 is 7.60 Å². The molecule has 2 N–H and O–H groups in total. The summed E-state index contributed by atoms with van der Waals surface area (Å²) in [6, 6.07) is 4.81. The molecule has 0 bridgehead atoms. The van der Waals surface area contributed by atoms with E-state index < -0.39 is 13.3 Å². The van der Waals surface area contributed by atoms with Gasteiger partial charge in [0.05, 0.1) is 5.71 Å². The summed E-state index contributed by atoms with van der Waals surface area (Å²) in [5.74, 6) is 0.335. The normalized spacial score (nSPS) is 9.29. The van der Waals surface area contributed by atoms with Gasteiger partial charge < -0.3 is 34.5 Å². The van der Waals surface area contributed by atoms with E-state index in [0.29, 0.717) is 0 Å². The van der Waals surface area contributed by atoms with Crippen LogP contribution in [0, 0.1) is 0 Å². The molecule has 0 unspecified atom stereocenters. The Labute approximate surface area is 208 Å². The Bertz CT molecular complexity index is 508. The van der Waals surface area contributed by atoms with Crippen LogP contribution in [0.2, 0.25) is 0 Å². The Balaban J connectivity index is -0.000000175. The maximum absolute atomic E-state index is 9.49. The van der Waals surface area contributed by atoms with Gasteiger partial charge in [0.15, 0.2) is 0 Å². The fourth-order valence-electron chi connectivity index (χ4n) is 1.51. The van der Waals surface area contributed by atoms with Gasteiger partial charge in [-0.15, -0.1) is 0 Å². The molecule has 7 nitrogen and oxygen atoms in total. The maximum Gasteiger partial charge on any atom is 1.00 e. The predicted octanol–water partition coefficient (Wildman–Crippen LogP) is -8.52. The smallest absolute Gasteiger partial charge is 0.807 e. The van der Waals surface area contributed by atoms with Gasteiger partial charge in [-0.1, -0.05) is 32.3 Å². The van der Waals surface area contributed by atoms with E-state index in [4.69, 9.17) is 29.4 Å². The summed E-state index contributed by atoms with van der Waals surface area (Å²) in [4.78, 5) is 27.3. The van der Waals surface area contributed by atoms with Gasteiger partial charge in [0.2, 0.25) is 0 Å². The quantitative estimate of drug-likeness (QED) is 0.281. The molecule has 1 rings (SSSR count). The van der Waals surface area contributed by atoms with Crippen LogP contribution in [0.25, 0.3) is 0 Å². The van der Waals surface area contributed by atoms with Gasteiger partial charge in [-0.3, -0.25) is 0 Å². The number of carbonyl (C=O) groups excluding carboxylic acids is 1. The third kappa shape index (κ3) is 16.9. The molecule has 0 heterocycles. The van der Waals surface area contributed by atoms with Crippen LogP contribution in [-0.2, 0) is 11.0 Å². The van der Waals surface area contributed by atoms with Crippen molar-refractivity contribution in [2.45, 2.75) is 39.0 Å². The third-order valence-corrected chi connectivity index (χ3v) is 3.04. The first-order valence-electron chi connectivity index (χ1n) is 6.43. The summed E-state index contributed by atoms with van der Waals surface area (Å²) in [5, 5.41) is 27.6. The minimum Gasteiger partial charge on any atom is -0.807 e. The Morgan fingerprint density at radius 3 is 1.96 bits per heavy atom. The summed E-state index contributed by atoms with van der Waals surface area (Å²) in [7, 11) is -5.43. The topological polar surface area (TPSA) is 144 Å². The van der Waals surface area contributed by atoms with Crippen LogP contribution in [0.15, 0.2) is 18.2 Å². The SMILES string of the molecule is CCCCCCc1ccc(O)cc1O.O=C([O-])P(=O)([O-])[O-].[Na+].[Na+].[Na+]. The number of unbranched alkanes of at least 4 members (excludes halogenated alkanes) is 3. The van der Waals surface area contributed by atoms with Crippen LogP contribution in [-0.4, -0.2) is 15.9 Å². The average molecular weight is 386 g/mol. The second-order valence-electron chi connectivity index (χ2n) is 4.39. The van der Waals surface area contributed by atoms with Crippen molar-refractivity contribution in [3.8, 4) is 11.5 Å². The van der Waals surface area contributed by atoms with Crippen molar-refractivity contribution in [2.75, 3.05) is 0 Å². The van der Waals surface area contributed by atoms with Crippen molar-refractivity contribution in [3.05, 3.63) is 23.8 Å². The van der Waals surface area contributed by atoms with Crippen molar-refractivity contribution in [3.63, 3.8) is 0 Å². The minimum atomic E-state index is -5.43. The fraction of sp³-hybridized carbons (Fsp3) is 0.462. The maximum atomic E-state index is 9.49. The zero-order valence-corrected chi connectivity index (χ0v) is 21.5. The zero-order chi connectivity index (χ0) is 16.5. The van der Waals surface area contributed by atoms with Crippen LogP contribution in [0.3, 0.4) is 0 Å². The molecule has 1 aromatic rings. The molecule has 0 saturated heterocycles. The van der Waals surface area contributed by atoms with Crippen LogP contribution in [0.1, 0.15) is 38.2 Å². The van der Waals surface area contributed by atoms with Gasteiger partial charge in [-0.05, 0) is 32.1 Å². The van der Waals surface area contributed by atoms with Crippen molar-refractivity contribution in [2.24, 2.45) is 0 Å². The summed E-state index contributed by atoms with van der Waals surface area (Å²) >= 11 is 0. The first-order valence-corrected chi connectivity index (χ1v) is 7.97. The standard InChI is InChI=1S/C12H18O2.CH3O5P.3Na/c1-2-3-4-5-6-10-7-8-11(13)9-12(10)14;2-1(3)7(4,5)6;;;/h7-9,13-14H,2-6H2,1H3;(H,2,3)(H2,4,5,6);;;/q;;3*+1/p-3. The Morgan fingerprint density at radius 1 is 1.08 bits per heavy atom. The molecule has 0 amide bonds. The second kappa shape index (κ2) is 17.8. The summed E-state index contributed by atoms with van der Waals surface area (Å²) < 4.78 is 9.14. The third-order valence-electron chi connectivity index (χ3n) is 2.59. The molecular formula is C13H18Na3O7P. The molecule has 0 saturated carbocycles. The van der Waals surface area contributed by atoms with Crippen molar-refractivity contribution in [1.29, 1.82) is 0 Å². The number of phenols is 2. The number of phenolic OH excluding ortho intramolecular Hbond substituents is 2. The van der Waals surface area contributed by atoms with Gasteiger partial charge in [0.25, 0.3) is 0 Å². The van der Waals surface area contributed by atoms with Gasteiger partial charge in [-0.2, -0.15) is 0 Å². The molecule has 11 heteroatoms. The number of rotatable bonds is 6. The van der Waals surface area contributed by atoms with Crippen molar-refractivity contribution < 1.29 is 123 Å². The van der Waals surface area contributed by atoms with Gasteiger partial charge in [0.1, 0.15) is 11.5 Å². The summed E-state index contributed by atoms with van der Waals surface area (Å²) in [6.07, 6.45) is 5.68. The Kier molecular flexibility index (Phi) is 24.6. The van der Waals surface area contributed by atoms with Crippen molar-refractivity contribution >= 4 is 13.3 Å². The molecular weight excluding hydrogens is 368 g/mol.